The van der Waals surface area contributed by atoms with E-state index in [4.69, 9.17) is 11.6 Å². The molecule has 1 atom stereocenters. The Balaban J connectivity index is 2.36. The van der Waals surface area contributed by atoms with Crippen LogP contribution in [0, 0.1) is 27.2 Å². The maximum Gasteiger partial charge on any atom is 0.279 e. The highest BCUT2D eigenvalue weighted by atomic mass is 35.5. The molecule has 0 aliphatic rings. The fourth-order valence-electron chi connectivity index (χ4n) is 2.32. The van der Waals surface area contributed by atoms with E-state index in [1.54, 1.807) is 31.2 Å². The Morgan fingerprint density at radius 1 is 1.12 bits per heavy atom. The van der Waals surface area contributed by atoms with Gasteiger partial charge in [0.15, 0.2) is 0 Å². The summed E-state index contributed by atoms with van der Waals surface area (Å²) in [7, 11) is 0. The third-order valence-corrected chi connectivity index (χ3v) is 3.99. The van der Waals surface area contributed by atoms with Crippen LogP contribution in [-0.2, 0) is 0 Å². The number of halogens is 1. The van der Waals surface area contributed by atoms with E-state index in [1.165, 1.54) is 6.92 Å². The maximum absolute atomic E-state index is 12.5. The summed E-state index contributed by atoms with van der Waals surface area (Å²) < 4.78 is 0. The van der Waals surface area contributed by atoms with Gasteiger partial charge in [0.25, 0.3) is 17.3 Å². The molecule has 0 aromatic heterocycles. The minimum Gasteiger partial charge on any atom is -0.346 e. The van der Waals surface area contributed by atoms with Crippen LogP contribution < -0.4 is 5.32 Å². The normalized spacial score (nSPS) is 11.6. The van der Waals surface area contributed by atoms with E-state index in [9.17, 15) is 25.0 Å². The first-order valence-electron chi connectivity index (χ1n) is 7.20. The van der Waals surface area contributed by atoms with Crippen molar-refractivity contribution in [2.75, 3.05) is 0 Å². The van der Waals surface area contributed by atoms with Crippen molar-refractivity contribution in [1.29, 1.82) is 0 Å². The third-order valence-electron chi connectivity index (χ3n) is 3.73. The van der Waals surface area contributed by atoms with Crippen LogP contribution in [0.25, 0.3) is 0 Å². The second-order valence-corrected chi connectivity index (χ2v) is 5.83. The molecule has 0 aliphatic carbocycles. The van der Waals surface area contributed by atoms with Crippen molar-refractivity contribution in [3.63, 3.8) is 0 Å². The number of nitrogens with zero attached hydrogens (tertiary/aromatic N) is 2. The Hall–Kier alpha value is -3.00. The summed E-state index contributed by atoms with van der Waals surface area (Å²) in [5.41, 5.74) is -0.256. The summed E-state index contributed by atoms with van der Waals surface area (Å²) >= 11 is 5.82. The minimum atomic E-state index is -0.772. The molecule has 1 N–H and O–H groups in total. The highest BCUT2D eigenvalue weighted by molar-refractivity contribution is 6.30. The van der Waals surface area contributed by atoms with Gasteiger partial charge in [-0.15, -0.1) is 0 Å². The summed E-state index contributed by atoms with van der Waals surface area (Å²) in [5.74, 6) is -0.633. The second kappa shape index (κ2) is 7.27. The quantitative estimate of drug-likeness (QED) is 0.637. The molecular weight excluding hydrogens is 350 g/mol. The molecule has 25 heavy (non-hydrogen) atoms. The number of carbonyl (C=O) groups excluding carboxylic acids is 1. The second-order valence-electron chi connectivity index (χ2n) is 5.40. The van der Waals surface area contributed by atoms with Crippen LogP contribution in [0.2, 0.25) is 5.02 Å². The van der Waals surface area contributed by atoms with Gasteiger partial charge in [-0.2, -0.15) is 0 Å². The van der Waals surface area contributed by atoms with E-state index in [0.717, 1.165) is 17.7 Å². The summed E-state index contributed by atoms with van der Waals surface area (Å²) in [5, 5.41) is 25.3. The number of carbonyl (C=O) groups is 1. The monoisotopic (exact) mass is 363 g/mol. The van der Waals surface area contributed by atoms with E-state index in [0.29, 0.717) is 5.02 Å². The molecule has 9 heteroatoms. The average molecular weight is 364 g/mol. The molecule has 0 heterocycles. The topological polar surface area (TPSA) is 115 Å². The first kappa shape index (κ1) is 18.3. The van der Waals surface area contributed by atoms with E-state index >= 15 is 0 Å². The molecule has 8 nitrogen and oxygen atoms in total. The summed E-state index contributed by atoms with van der Waals surface area (Å²) in [4.78, 5) is 33.0. The van der Waals surface area contributed by atoms with Crippen LogP contribution in [0.5, 0.6) is 0 Å². The van der Waals surface area contributed by atoms with Crippen molar-refractivity contribution in [3.05, 3.63) is 78.3 Å². The molecule has 0 fully saturated rings. The molecular formula is C16H14ClN3O5. The van der Waals surface area contributed by atoms with Gasteiger partial charge in [-0.1, -0.05) is 23.7 Å². The Bertz CT molecular complexity index is 852. The highest BCUT2D eigenvalue weighted by Crippen LogP contribution is 2.28. The van der Waals surface area contributed by atoms with E-state index in [-0.39, 0.29) is 11.1 Å². The number of nitro benzene ring substituents is 2. The lowest BCUT2D eigenvalue weighted by molar-refractivity contribution is -0.394. The number of benzene rings is 2. The fourth-order valence-corrected chi connectivity index (χ4v) is 2.45. The molecule has 0 bridgehead atoms. The lowest BCUT2D eigenvalue weighted by Gasteiger charge is -2.15. The molecule has 1 amide bonds. The number of amides is 1. The molecule has 0 aliphatic heterocycles. The number of nitro groups is 2. The zero-order valence-corrected chi connectivity index (χ0v) is 14.1. The number of hydrogen-bond donors (Lipinski definition) is 1. The predicted molar refractivity (Wildman–Crippen MR) is 91.8 cm³/mol. The van der Waals surface area contributed by atoms with Crippen LogP contribution in [0.15, 0.2) is 36.4 Å². The van der Waals surface area contributed by atoms with Gasteiger partial charge in [0, 0.05) is 16.7 Å². The van der Waals surface area contributed by atoms with Gasteiger partial charge in [-0.05, 0) is 31.5 Å². The van der Waals surface area contributed by atoms with Gasteiger partial charge >= 0.3 is 0 Å². The molecule has 2 aromatic rings. The van der Waals surface area contributed by atoms with Crippen molar-refractivity contribution >= 4 is 28.9 Å². The first-order chi connectivity index (χ1) is 11.7. The van der Waals surface area contributed by atoms with Crippen molar-refractivity contribution < 1.29 is 14.6 Å². The molecule has 0 saturated carbocycles. The van der Waals surface area contributed by atoms with Gasteiger partial charge in [-0.3, -0.25) is 25.0 Å². The Morgan fingerprint density at radius 3 is 2.24 bits per heavy atom. The van der Waals surface area contributed by atoms with Crippen molar-refractivity contribution in [2.24, 2.45) is 0 Å². The zero-order chi connectivity index (χ0) is 18.7. The number of nitrogens with one attached hydrogen (secondary N) is 1. The van der Waals surface area contributed by atoms with Crippen LogP contribution in [0.3, 0.4) is 0 Å². The molecule has 0 spiro atoms. The first-order valence-corrected chi connectivity index (χ1v) is 7.58. The molecule has 1 unspecified atom stereocenters. The smallest absolute Gasteiger partial charge is 0.279 e. The standard InChI is InChI=1S/C16H14ClN3O5/c1-9-14(7-13(19(22)23)8-15(9)20(24)25)16(21)18-10(2)11-3-5-12(17)6-4-11/h3-8,10H,1-2H3,(H,18,21). The van der Waals surface area contributed by atoms with E-state index in [1.807, 2.05) is 0 Å². The summed E-state index contributed by atoms with van der Waals surface area (Å²) in [6.45, 7) is 3.10. The van der Waals surface area contributed by atoms with Crippen LogP contribution >= 0.6 is 11.6 Å². The summed E-state index contributed by atoms with van der Waals surface area (Å²) in [6, 6.07) is 8.27. The minimum absolute atomic E-state index is 0.0661. The van der Waals surface area contributed by atoms with Crippen molar-refractivity contribution in [1.82, 2.24) is 5.32 Å². The molecule has 2 aromatic carbocycles. The van der Waals surface area contributed by atoms with Crippen molar-refractivity contribution in [3.8, 4) is 0 Å². The maximum atomic E-state index is 12.5. The number of hydrogen-bond acceptors (Lipinski definition) is 5. The Kier molecular flexibility index (Phi) is 5.33. The Labute approximate surface area is 147 Å². The Morgan fingerprint density at radius 2 is 1.72 bits per heavy atom. The molecule has 0 saturated heterocycles. The van der Waals surface area contributed by atoms with Gasteiger partial charge < -0.3 is 5.32 Å². The molecule has 0 radical (unpaired) electrons. The van der Waals surface area contributed by atoms with E-state index in [2.05, 4.69) is 5.32 Å². The van der Waals surface area contributed by atoms with E-state index < -0.39 is 33.2 Å². The van der Waals surface area contributed by atoms with Crippen molar-refractivity contribution in [2.45, 2.75) is 19.9 Å². The van der Waals surface area contributed by atoms with Gasteiger partial charge in [-0.25, -0.2) is 0 Å². The number of rotatable bonds is 5. The predicted octanol–water partition coefficient (Wildman–Crippen LogP) is 3.96. The summed E-state index contributed by atoms with van der Waals surface area (Å²) in [6.07, 6.45) is 0. The number of non-ortho nitro benzene ring substituents is 1. The lowest BCUT2D eigenvalue weighted by Crippen LogP contribution is -2.27. The SMILES string of the molecule is Cc1c(C(=O)NC(C)c2ccc(Cl)cc2)cc([N+](=O)[O-])cc1[N+](=O)[O-]. The van der Waals surface area contributed by atoms with Gasteiger partial charge in [0.1, 0.15) is 0 Å². The van der Waals surface area contributed by atoms with Gasteiger partial charge in [0.05, 0.1) is 27.5 Å². The van der Waals surface area contributed by atoms with Gasteiger partial charge in [0.2, 0.25) is 0 Å². The average Bonchev–Trinajstić information content (AvgIpc) is 2.54. The van der Waals surface area contributed by atoms with Crippen LogP contribution in [0.1, 0.15) is 34.5 Å². The van der Waals surface area contributed by atoms with Crippen LogP contribution in [0.4, 0.5) is 11.4 Å². The fraction of sp³-hybridized carbons (Fsp3) is 0.188. The molecule has 2 rings (SSSR count). The third kappa shape index (κ3) is 4.10. The highest BCUT2D eigenvalue weighted by Gasteiger charge is 2.25. The van der Waals surface area contributed by atoms with Crippen LogP contribution in [-0.4, -0.2) is 15.8 Å². The molecule has 130 valence electrons. The lowest BCUT2D eigenvalue weighted by atomic mass is 10.0. The zero-order valence-electron chi connectivity index (χ0n) is 13.4. The largest absolute Gasteiger partial charge is 0.346 e.